The van der Waals surface area contributed by atoms with Gasteiger partial charge in [0.05, 0.1) is 33.6 Å². The van der Waals surface area contributed by atoms with Crippen molar-refractivity contribution in [1.29, 1.82) is 0 Å². The van der Waals surface area contributed by atoms with Crippen molar-refractivity contribution in [1.82, 2.24) is 19.7 Å². The molecule has 1 atom stereocenters. The van der Waals surface area contributed by atoms with Gasteiger partial charge in [-0.15, -0.1) is 11.3 Å². The molecule has 0 amide bonds. The summed E-state index contributed by atoms with van der Waals surface area (Å²) in [6.07, 6.45) is 2.05. The quantitative estimate of drug-likeness (QED) is 0.151. The van der Waals surface area contributed by atoms with Crippen molar-refractivity contribution in [3.8, 4) is 33.0 Å². The minimum atomic E-state index is -2.72. The van der Waals surface area contributed by atoms with Gasteiger partial charge in [-0.1, -0.05) is 29.8 Å². The van der Waals surface area contributed by atoms with E-state index in [4.69, 9.17) is 26.1 Å². The number of hydrogen-bond donors (Lipinski definition) is 0. The van der Waals surface area contributed by atoms with E-state index in [1.165, 1.54) is 17.5 Å². The van der Waals surface area contributed by atoms with Gasteiger partial charge in [-0.3, -0.25) is 4.98 Å². The number of pyridine rings is 1. The second kappa shape index (κ2) is 12.5. The second-order valence-corrected chi connectivity index (χ2v) is 13.2. The number of alkyl halides is 2. The van der Waals surface area contributed by atoms with Crippen LogP contribution >= 0.6 is 22.9 Å². The third-order valence-electron chi connectivity index (χ3n) is 7.32. The lowest BCUT2D eigenvalue weighted by atomic mass is 9.91. The Morgan fingerprint density at radius 2 is 1.74 bits per heavy atom. The Morgan fingerprint density at radius 3 is 2.43 bits per heavy atom. The SMILES string of the molecule is CCOC(=O)C(OC(C)(C)C)c1c(C)cc2nc(-c3ccnc(-c4ccc5nn(C(F)F)cc5c4)c3)sc2c1-c1ccc(Cl)cc1. The van der Waals surface area contributed by atoms with E-state index in [-0.39, 0.29) is 6.61 Å². The monoisotopic (exact) mass is 660 g/mol. The number of nitrogens with zero attached hydrogens (tertiary/aromatic N) is 4. The predicted molar refractivity (Wildman–Crippen MR) is 178 cm³/mol. The molecular weight excluding hydrogens is 630 g/mol. The van der Waals surface area contributed by atoms with E-state index in [0.717, 1.165) is 43.0 Å². The molecule has 1 unspecified atom stereocenters. The number of carbonyl (C=O) groups excluding carboxylic acids is 1. The third-order valence-corrected chi connectivity index (χ3v) is 8.71. The third kappa shape index (κ3) is 6.38. The molecule has 46 heavy (non-hydrogen) atoms. The van der Waals surface area contributed by atoms with E-state index >= 15 is 0 Å². The van der Waals surface area contributed by atoms with E-state index in [2.05, 4.69) is 10.1 Å². The molecule has 0 radical (unpaired) electrons. The lowest BCUT2D eigenvalue weighted by Crippen LogP contribution is -2.29. The number of thiazole rings is 1. The molecule has 236 valence electrons. The number of fused-ring (bicyclic) bond motifs is 2. The molecule has 0 saturated carbocycles. The van der Waals surface area contributed by atoms with Crippen LogP contribution in [-0.2, 0) is 14.3 Å². The van der Waals surface area contributed by atoms with Crippen LogP contribution in [0.15, 0.2) is 73.1 Å². The number of ether oxygens (including phenoxy) is 2. The maximum Gasteiger partial charge on any atom is 0.339 e. The number of esters is 1. The molecule has 7 nitrogen and oxygen atoms in total. The van der Waals surface area contributed by atoms with Crippen molar-refractivity contribution in [2.45, 2.75) is 52.9 Å². The van der Waals surface area contributed by atoms with E-state index in [1.807, 2.05) is 76.2 Å². The highest BCUT2D eigenvalue weighted by atomic mass is 35.5. The summed E-state index contributed by atoms with van der Waals surface area (Å²) in [4.78, 5) is 23.0. The number of benzene rings is 3. The van der Waals surface area contributed by atoms with Crippen LogP contribution in [0.3, 0.4) is 0 Å². The lowest BCUT2D eigenvalue weighted by Gasteiger charge is -2.29. The van der Waals surface area contributed by atoms with E-state index in [1.54, 1.807) is 25.3 Å². The van der Waals surface area contributed by atoms with Gasteiger partial charge in [0.25, 0.3) is 0 Å². The Kier molecular flexibility index (Phi) is 8.62. The van der Waals surface area contributed by atoms with Crippen molar-refractivity contribution >= 4 is 50.0 Å². The van der Waals surface area contributed by atoms with Crippen LogP contribution in [0.1, 0.15) is 51.5 Å². The zero-order chi connectivity index (χ0) is 32.7. The van der Waals surface area contributed by atoms with E-state index in [9.17, 15) is 13.6 Å². The summed E-state index contributed by atoms with van der Waals surface area (Å²) in [5, 5.41) is 5.87. The van der Waals surface area contributed by atoms with Crippen molar-refractivity contribution < 1.29 is 23.0 Å². The summed E-state index contributed by atoms with van der Waals surface area (Å²) in [7, 11) is 0. The summed E-state index contributed by atoms with van der Waals surface area (Å²) in [5.41, 5.74) is 6.12. The van der Waals surface area contributed by atoms with E-state index in [0.29, 0.717) is 31.9 Å². The molecule has 6 aromatic rings. The van der Waals surface area contributed by atoms with Gasteiger partial charge in [-0.05, 0) is 88.2 Å². The van der Waals surface area contributed by atoms with Gasteiger partial charge in [0, 0.05) is 45.1 Å². The predicted octanol–water partition coefficient (Wildman–Crippen LogP) is 9.82. The molecule has 6 rings (SSSR count). The molecule has 3 heterocycles. The molecular formula is C35H31ClF2N4O3S. The first-order valence-electron chi connectivity index (χ1n) is 14.7. The number of hydrogen-bond acceptors (Lipinski definition) is 7. The molecule has 0 aliphatic rings. The number of aryl methyl sites for hydroxylation is 1. The van der Waals surface area contributed by atoms with Gasteiger partial charge >= 0.3 is 12.5 Å². The van der Waals surface area contributed by atoms with Gasteiger partial charge < -0.3 is 9.47 Å². The highest BCUT2D eigenvalue weighted by Crippen LogP contribution is 2.45. The number of carbonyl (C=O) groups is 1. The zero-order valence-corrected chi connectivity index (χ0v) is 27.4. The molecule has 3 aromatic heterocycles. The van der Waals surface area contributed by atoms with Crippen molar-refractivity contribution in [3.05, 3.63) is 89.2 Å². The Bertz CT molecular complexity index is 2070. The second-order valence-electron chi connectivity index (χ2n) is 11.8. The minimum absolute atomic E-state index is 0.219. The first-order chi connectivity index (χ1) is 21.9. The molecule has 0 saturated heterocycles. The van der Waals surface area contributed by atoms with Gasteiger partial charge in [0.2, 0.25) is 0 Å². The number of rotatable bonds is 8. The fraction of sp³-hybridized carbons (Fsp3) is 0.257. The fourth-order valence-electron chi connectivity index (χ4n) is 5.40. The summed E-state index contributed by atoms with van der Waals surface area (Å²) in [5.74, 6) is -0.463. The molecule has 11 heteroatoms. The number of halogens is 3. The lowest BCUT2D eigenvalue weighted by molar-refractivity contribution is -0.166. The molecule has 0 N–H and O–H groups in total. The highest BCUT2D eigenvalue weighted by Gasteiger charge is 2.33. The van der Waals surface area contributed by atoms with E-state index < -0.39 is 24.2 Å². The molecule has 3 aromatic carbocycles. The van der Waals surface area contributed by atoms with Crippen molar-refractivity contribution in [2.24, 2.45) is 0 Å². The Morgan fingerprint density at radius 1 is 1.00 bits per heavy atom. The van der Waals surface area contributed by atoms with Crippen molar-refractivity contribution in [2.75, 3.05) is 6.61 Å². The van der Waals surface area contributed by atoms with Crippen LogP contribution in [0, 0.1) is 6.92 Å². The zero-order valence-electron chi connectivity index (χ0n) is 25.8. The average molecular weight is 661 g/mol. The van der Waals surface area contributed by atoms with Gasteiger partial charge in [0.15, 0.2) is 6.10 Å². The van der Waals surface area contributed by atoms with Crippen LogP contribution in [-0.4, -0.2) is 37.9 Å². The summed E-state index contributed by atoms with van der Waals surface area (Å²) in [6, 6.07) is 18.6. The standard InChI is InChI=1S/C35H31ClF2N4O3S/c1-6-44-33(43)30(45-35(3,4)5)28-19(2)15-27-31(29(28)20-7-10-24(36)11-8-20)46-32(40-27)22-13-14-39-26(17-22)21-9-12-25-23(16-21)18-42(41-25)34(37)38/h7-18,30,34H,6H2,1-5H3. The van der Waals surface area contributed by atoms with Crippen LogP contribution in [0.25, 0.3) is 54.1 Å². The fourth-order valence-corrected chi connectivity index (χ4v) is 6.64. The van der Waals surface area contributed by atoms with Crippen LogP contribution < -0.4 is 0 Å². The molecule has 0 bridgehead atoms. The Labute approximate surface area is 273 Å². The largest absolute Gasteiger partial charge is 0.464 e. The summed E-state index contributed by atoms with van der Waals surface area (Å²) < 4.78 is 39.8. The number of aromatic nitrogens is 4. The Hall–Kier alpha value is -4.25. The minimum Gasteiger partial charge on any atom is -0.464 e. The molecule has 0 aliphatic heterocycles. The van der Waals surface area contributed by atoms with Gasteiger partial charge in [-0.25, -0.2) is 14.5 Å². The molecule has 0 fully saturated rings. The Balaban J connectivity index is 1.51. The summed E-state index contributed by atoms with van der Waals surface area (Å²) >= 11 is 7.77. The van der Waals surface area contributed by atoms with Crippen LogP contribution in [0.5, 0.6) is 0 Å². The smallest absolute Gasteiger partial charge is 0.339 e. The first-order valence-corrected chi connectivity index (χ1v) is 15.9. The molecule has 0 aliphatic carbocycles. The average Bonchev–Trinajstić information content (AvgIpc) is 3.64. The first kappa shape index (κ1) is 31.7. The topological polar surface area (TPSA) is 79.1 Å². The van der Waals surface area contributed by atoms with Gasteiger partial charge in [-0.2, -0.15) is 13.9 Å². The highest BCUT2D eigenvalue weighted by molar-refractivity contribution is 7.22. The maximum atomic E-state index is 13.4. The maximum absolute atomic E-state index is 13.4. The van der Waals surface area contributed by atoms with Gasteiger partial charge in [0.1, 0.15) is 5.01 Å². The summed E-state index contributed by atoms with van der Waals surface area (Å²) in [6.45, 7) is 6.94. The van der Waals surface area contributed by atoms with Crippen LogP contribution in [0.2, 0.25) is 5.02 Å². The van der Waals surface area contributed by atoms with Crippen LogP contribution in [0.4, 0.5) is 8.78 Å². The van der Waals surface area contributed by atoms with Crippen molar-refractivity contribution in [3.63, 3.8) is 0 Å². The normalized spacial score (nSPS) is 12.7. The molecule has 0 spiro atoms.